The number of piperidine rings is 2. The summed E-state index contributed by atoms with van der Waals surface area (Å²) in [4.78, 5) is 23.9. The van der Waals surface area contributed by atoms with Crippen LogP contribution in [0.3, 0.4) is 0 Å². The number of carbonyl (C=O) groups is 1. The molecule has 3 rings (SSSR count). The first-order valence-electron chi connectivity index (χ1n) is 7.13. The molecule has 2 heterocycles. The molecule has 0 aliphatic carbocycles. The van der Waals surface area contributed by atoms with Crippen LogP contribution in [0.15, 0.2) is 18.2 Å². The van der Waals surface area contributed by atoms with E-state index in [4.69, 9.17) is 5.73 Å². The van der Waals surface area contributed by atoms with E-state index in [0.29, 0.717) is 18.0 Å². The van der Waals surface area contributed by atoms with Crippen molar-refractivity contribution >= 4 is 23.0 Å². The fourth-order valence-corrected chi connectivity index (χ4v) is 3.27. The number of nitrogens with one attached hydrogen (secondary N) is 1. The van der Waals surface area contributed by atoms with Gasteiger partial charge in [-0.3, -0.25) is 14.9 Å². The smallest absolute Gasteiger partial charge is 0.271 e. The number of amides is 1. The summed E-state index contributed by atoms with van der Waals surface area (Å²) in [5, 5.41) is 13.8. The van der Waals surface area contributed by atoms with E-state index in [2.05, 4.69) is 10.2 Å². The maximum atomic E-state index is 11.4. The van der Waals surface area contributed by atoms with E-state index in [0.717, 1.165) is 31.6 Å². The Kier molecular flexibility index (Phi) is 3.40. The fourth-order valence-electron chi connectivity index (χ4n) is 3.27. The molecule has 7 nitrogen and oxygen atoms in total. The highest BCUT2D eigenvalue weighted by Crippen LogP contribution is 2.33. The first kappa shape index (κ1) is 13.7. The van der Waals surface area contributed by atoms with Crippen LogP contribution in [0.1, 0.15) is 19.3 Å². The molecule has 0 radical (unpaired) electrons. The number of nitrogens with zero attached hydrogens (tertiary/aromatic N) is 2. The number of nitro groups is 1. The SMILES string of the molecule is Nc1cc([N+](=O)[O-])ccc1N1CCC2NC(=O)CCC2C1. The predicted molar refractivity (Wildman–Crippen MR) is 79.0 cm³/mol. The van der Waals surface area contributed by atoms with Crippen molar-refractivity contribution in [2.24, 2.45) is 5.92 Å². The van der Waals surface area contributed by atoms with E-state index in [9.17, 15) is 14.9 Å². The molecule has 2 aliphatic rings. The zero-order valence-electron chi connectivity index (χ0n) is 11.6. The van der Waals surface area contributed by atoms with Gasteiger partial charge in [0.1, 0.15) is 0 Å². The third-order valence-electron chi connectivity index (χ3n) is 4.39. The molecule has 0 saturated carbocycles. The van der Waals surface area contributed by atoms with Crippen molar-refractivity contribution in [1.82, 2.24) is 5.32 Å². The Morgan fingerprint density at radius 1 is 1.38 bits per heavy atom. The fraction of sp³-hybridized carbons (Fsp3) is 0.500. The quantitative estimate of drug-likeness (QED) is 0.485. The molecular weight excluding hydrogens is 272 g/mol. The topological polar surface area (TPSA) is 102 Å². The van der Waals surface area contributed by atoms with Gasteiger partial charge in [-0.1, -0.05) is 0 Å². The standard InChI is InChI=1S/C14H18N4O3/c15-11-7-10(18(20)21)2-3-13(11)17-6-5-12-9(8-17)1-4-14(19)16-12/h2-3,7,9,12H,1,4-6,8,15H2,(H,16,19). The third kappa shape index (κ3) is 2.63. The second kappa shape index (κ2) is 5.23. The highest BCUT2D eigenvalue weighted by atomic mass is 16.6. The maximum Gasteiger partial charge on any atom is 0.271 e. The van der Waals surface area contributed by atoms with Gasteiger partial charge in [-0.05, 0) is 24.8 Å². The number of rotatable bonds is 2. The van der Waals surface area contributed by atoms with Crippen molar-refractivity contribution in [2.75, 3.05) is 23.7 Å². The van der Waals surface area contributed by atoms with Gasteiger partial charge in [0.2, 0.25) is 5.91 Å². The number of hydrogen-bond acceptors (Lipinski definition) is 5. The average molecular weight is 290 g/mol. The zero-order chi connectivity index (χ0) is 15.0. The Labute approximate surface area is 122 Å². The van der Waals surface area contributed by atoms with Crippen LogP contribution in [0.25, 0.3) is 0 Å². The van der Waals surface area contributed by atoms with Crippen molar-refractivity contribution in [3.63, 3.8) is 0 Å². The molecule has 1 aromatic rings. The lowest BCUT2D eigenvalue weighted by molar-refractivity contribution is -0.384. The number of nitro benzene ring substituents is 1. The van der Waals surface area contributed by atoms with Crippen LogP contribution in [0.5, 0.6) is 0 Å². The summed E-state index contributed by atoms with van der Waals surface area (Å²) in [7, 11) is 0. The average Bonchev–Trinajstić information content (AvgIpc) is 2.46. The molecule has 112 valence electrons. The summed E-state index contributed by atoms with van der Waals surface area (Å²) in [5.74, 6) is 0.561. The van der Waals surface area contributed by atoms with E-state index in [1.54, 1.807) is 6.07 Å². The Balaban J connectivity index is 1.76. The molecule has 2 atom stereocenters. The molecule has 0 spiro atoms. The number of non-ortho nitro benzene ring substituents is 1. The number of anilines is 2. The largest absolute Gasteiger partial charge is 0.397 e. The molecule has 7 heteroatoms. The number of fused-ring (bicyclic) bond motifs is 1. The Hall–Kier alpha value is -2.31. The van der Waals surface area contributed by atoms with E-state index >= 15 is 0 Å². The molecule has 1 aromatic carbocycles. The normalized spacial score (nSPS) is 25.1. The summed E-state index contributed by atoms with van der Waals surface area (Å²) in [5.41, 5.74) is 7.25. The second-order valence-electron chi connectivity index (χ2n) is 5.71. The lowest BCUT2D eigenvalue weighted by Gasteiger charge is -2.42. The van der Waals surface area contributed by atoms with Crippen LogP contribution in [-0.4, -0.2) is 30.0 Å². The van der Waals surface area contributed by atoms with Gasteiger partial charge in [0.25, 0.3) is 5.69 Å². The first-order valence-corrected chi connectivity index (χ1v) is 7.13. The van der Waals surface area contributed by atoms with E-state index < -0.39 is 4.92 Å². The minimum atomic E-state index is -0.441. The van der Waals surface area contributed by atoms with Crippen molar-refractivity contribution in [1.29, 1.82) is 0 Å². The minimum absolute atomic E-state index is 0.0102. The van der Waals surface area contributed by atoms with Crippen LogP contribution in [0.2, 0.25) is 0 Å². The number of nitrogen functional groups attached to an aromatic ring is 1. The van der Waals surface area contributed by atoms with Crippen molar-refractivity contribution in [2.45, 2.75) is 25.3 Å². The van der Waals surface area contributed by atoms with Gasteiger partial charge in [-0.15, -0.1) is 0 Å². The minimum Gasteiger partial charge on any atom is -0.397 e. The summed E-state index contributed by atoms with van der Waals surface area (Å²) < 4.78 is 0. The van der Waals surface area contributed by atoms with Gasteiger partial charge in [-0.2, -0.15) is 0 Å². The first-order chi connectivity index (χ1) is 10.0. The van der Waals surface area contributed by atoms with Gasteiger partial charge >= 0.3 is 0 Å². The second-order valence-corrected chi connectivity index (χ2v) is 5.71. The van der Waals surface area contributed by atoms with Crippen LogP contribution in [-0.2, 0) is 4.79 Å². The van der Waals surface area contributed by atoms with E-state index in [1.165, 1.54) is 12.1 Å². The third-order valence-corrected chi connectivity index (χ3v) is 4.39. The molecule has 2 unspecified atom stereocenters. The van der Waals surface area contributed by atoms with Gasteiger partial charge in [0.05, 0.1) is 16.3 Å². The predicted octanol–water partition coefficient (Wildman–Crippen LogP) is 1.28. The monoisotopic (exact) mass is 290 g/mol. The maximum absolute atomic E-state index is 11.4. The molecule has 0 aromatic heterocycles. The van der Waals surface area contributed by atoms with Gasteiger partial charge in [-0.25, -0.2) is 0 Å². The van der Waals surface area contributed by atoms with Crippen LogP contribution >= 0.6 is 0 Å². The van der Waals surface area contributed by atoms with Crippen molar-refractivity contribution in [3.8, 4) is 0 Å². The molecule has 0 bridgehead atoms. The summed E-state index contributed by atoms with van der Waals surface area (Å²) >= 11 is 0. The van der Waals surface area contributed by atoms with Gasteiger partial charge in [0, 0.05) is 37.7 Å². The van der Waals surface area contributed by atoms with E-state index in [-0.39, 0.29) is 17.6 Å². The molecular formula is C14H18N4O3. The molecule has 1 amide bonds. The number of nitrogens with two attached hydrogens (primary N) is 1. The van der Waals surface area contributed by atoms with Crippen LogP contribution in [0.4, 0.5) is 17.1 Å². The highest BCUT2D eigenvalue weighted by Gasteiger charge is 2.34. The highest BCUT2D eigenvalue weighted by molar-refractivity contribution is 5.77. The molecule has 2 fully saturated rings. The van der Waals surface area contributed by atoms with Crippen molar-refractivity contribution in [3.05, 3.63) is 28.3 Å². The molecule has 2 aliphatic heterocycles. The Morgan fingerprint density at radius 3 is 2.90 bits per heavy atom. The number of hydrogen-bond donors (Lipinski definition) is 2. The molecule has 3 N–H and O–H groups in total. The van der Waals surface area contributed by atoms with E-state index in [1.807, 2.05) is 0 Å². The van der Waals surface area contributed by atoms with Crippen LogP contribution < -0.4 is 16.0 Å². The van der Waals surface area contributed by atoms with Crippen LogP contribution in [0, 0.1) is 16.0 Å². The zero-order valence-corrected chi connectivity index (χ0v) is 11.6. The lowest BCUT2D eigenvalue weighted by Crippen LogP contribution is -2.54. The van der Waals surface area contributed by atoms with Gasteiger partial charge in [0.15, 0.2) is 0 Å². The summed E-state index contributed by atoms with van der Waals surface area (Å²) in [6.07, 6.45) is 2.34. The summed E-state index contributed by atoms with van der Waals surface area (Å²) in [6, 6.07) is 4.86. The Bertz CT molecular complexity index is 590. The summed E-state index contributed by atoms with van der Waals surface area (Å²) in [6.45, 7) is 1.62. The number of benzene rings is 1. The van der Waals surface area contributed by atoms with Gasteiger partial charge < -0.3 is 16.0 Å². The molecule has 21 heavy (non-hydrogen) atoms. The lowest BCUT2D eigenvalue weighted by atomic mass is 9.85. The number of carbonyl (C=O) groups excluding carboxylic acids is 1. The molecule has 2 saturated heterocycles. The van der Waals surface area contributed by atoms with Crippen molar-refractivity contribution < 1.29 is 9.72 Å². The Morgan fingerprint density at radius 2 is 2.19 bits per heavy atom.